The van der Waals surface area contributed by atoms with Crippen molar-refractivity contribution in [3.05, 3.63) is 29.1 Å². The van der Waals surface area contributed by atoms with E-state index in [-0.39, 0.29) is 16.6 Å². The molecule has 3 heteroatoms. The highest BCUT2D eigenvalue weighted by molar-refractivity contribution is 8.00. The number of benzene rings is 1. The van der Waals surface area contributed by atoms with Gasteiger partial charge in [-0.2, -0.15) is 0 Å². The summed E-state index contributed by atoms with van der Waals surface area (Å²) in [5.41, 5.74) is 7.44. The third-order valence-corrected chi connectivity index (χ3v) is 3.38. The summed E-state index contributed by atoms with van der Waals surface area (Å²) in [6, 6.07) is 3.32. The lowest BCUT2D eigenvalue weighted by molar-refractivity contribution is 0.609. The first kappa shape index (κ1) is 13.5. The van der Waals surface area contributed by atoms with Crippen LogP contribution in [0.3, 0.4) is 0 Å². The van der Waals surface area contributed by atoms with Crippen molar-refractivity contribution >= 4 is 11.8 Å². The molecule has 1 aromatic rings. The van der Waals surface area contributed by atoms with Gasteiger partial charge in [-0.15, -0.1) is 11.8 Å². The number of hydrogen-bond acceptors (Lipinski definition) is 2. The summed E-state index contributed by atoms with van der Waals surface area (Å²) in [6.45, 7) is 10.1. The molecule has 0 bridgehead atoms. The van der Waals surface area contributed by atoms with E-state index in [0.717, 1.165) is 10.5 Å². The molecule has 1 atom stereocenters. The Morgan fingerprint density at radius 2 is 1.88 bits per heavy atom. The second-order valence-corrected chi connectivity index (χ2v) is 7.01. The second kappa shape index (κ2) is 4.76. The predicted octanol–water partition coefficient (Wildman–Crippen LogP) is 4.04. The molecule has 0 aromatic heterocycles. The highest BCUT2D eigenvalue weighted by Gasteiger charge is 2.18. The average molecular weight is 241 g/mol. The van der Waals surface area contributed by atoms with Crippen LogP contribution in [-0.4, -0.2) is 4.75 Å². The van der Waals surface area contributed by atoms with Gasteiger partial charge in [-0.1, -0.05) is 20.8 Å². The van der Waals surface area contributed by atoms with Gasteiger partial charge in [-0.3, -0.25) is 0 Å². The van der Waals surface area contributed by atoms with Gasteiger partial charge >= 0.3 is 0 Å². The van der Waals surface area contributed by atoms with Crippen LogP contribution in [0.25, 0.3) is 0 Å². The van der Waals surface area contributed by atoms with Crippen LogP contribution in [0, 0.1) is 12.7 Å². The highest BCUT2D eigenvalue weighted by Crippen LogP contribution is 2.37. The number of hydrogen-bond donors (Lipinski definition) is 1. The minimum absolute atomic E-state index is 0.105. The van der Waals surface area contributed by atoms with Crippen molar-refractivity contribution in [1.82, 2.24) is 0 Å². The Bertz CT molecular complexity index is 380. The Hall–Kier alpha value is -0.540. The van der Waals surface area contributed by atoms with Gasteiger partial charge in [-0.25, -0.2) is 4.39 Å². The van der Waals surface area contributed by atoms with E-state index in [4.69, 9.17) is 5.73 Å². The number of thioether (sulfide) groups is 1. The van der Waals surface area contributed by atoms with Crippen molar-refractivity contribution in [1.29, 1.82) is 0 Å². The van der Waals surface area contributed by atoms with Crippen molar-refractivity contribution in [2.24, 2.45) is 5.73 Å². The van der Waals surface area contributed by atoms with Crippen molar-refractivity contribution in [2.75, 3.05) is 0 Å². The van der Waals surface area contributed by atoms with Crippen molar-refractivity contribution in [3.63, 3.8) is 0 Å². The molecule has 0 aliphatic heterocycles. The lowest BCUT2D eigenvalue weighted by Crippen LogP contribution is -2.12. The predicted molar refractivity (Wildman–Crippen MR) is 69.3 cm³/mol. The molecule has 0 aliphatic rings. The first-order valence-electron chi connectivity index (χ1n) is 5.45. The van der Waals surface area contributed by atoms with E-state index >= 15 is 0 Å². The van der Waals surface area contributed by atoms with Crippen LogP contribution in [0.1, 0.15) is 44.9 Å². The smallest absolute Gasteiger partial charge is 0.126 e. The van der Waals surface area contributed by atoms with Crippen LogP contribution in [-0.2, 0) is 0 Å². The van der Waals surface area contributed by atoms with Crippen LogP contribution >= 0.6 is 11.8 Å². The molecule has 0 saturated carbocycles. The first-order chi connectivity index (χ1) is 7.20. The molecule has 2 N–H and O–H groups in total. The average Bonchev–Trinajstić information content (AvgIpc) is 2.07. The zero-order valence-electron chi connectivity index (χ0n) is 10.6. The SMILES string of the molecule is Cc1cc(SC(C)(C)C)c([C@@H](C)N)cc1F. The highest BCUT2D eigenvalue weighted by atomic mass is 32.2. The molecule has 0 amide bonds. The van der Waals surface area contributed by atoms with Crippen LogP contribution in [0.4, 0.5) is 4.39 Å². The lowest BCUT2D eigenvalue weighted by atomic mass is 10.1. The van der Waals surface area contributed by atoms with Crippen LogP contribution in [0.15, 0.2) is 17.0 Å². The maximum Gasteiger partial charge on any atom is 0.126 e. The van der Waals surface area contributed by atoms with Gasteiger partial charge in [-0.05, 0) is 37.1 Å². The van der Waals surface area contributed by atoms with Gasteiger partial charge < -0.3 is 5.73 Å². The van der Waals surface area contributed by atoms with Gasteiger partial charge in [0.1, 0.15) is 5.82 Å². The maximum atomic E-state index is 13.5. The Labute approximate surface area is 102 Å². The van der Waals surface area contributed by atoms with Crippen LogP contribution in [0.5, 0.6) is 0 Å². The molecule has 1 aromatic carbocycles. The number of halogens is 1. The Morgan fingerprint density at radius 3 is 2.31 bits per heavy atom. The van der Waals surface area contributed by atoms with Crippen LogP contribution in [0.2, 0.25) is 0 Å². The minimum Gasteiger partial charge on any atom is -0.324 e. The molecule has 0 radical (unpaired) electrons. The van der Waals surface area contributed by atoms with Gasteiger partial charge in [0.25, 0.3) is 0 Å². The van der Waals surface area contributed by atoms with E-state index in [1.807, 2.05) is 13.0 Å². The van der Waals surface area contributed by atoms with Gasteiger partial charge in [0.2, 0.25) is 0 Å². The summed E-state index contributed by atoms with van der Waals surface area (Å²) in [5, 5.41) is 0. The molecular formula is C13H20FNS. The largest absolute Gasteiger partial charge is 0.324 e. The monoisotopic (exact) mass is 241 g/mol. The maximum absolute atomic E-state index is 13.5. The lowest BCUT2D eigenvalue weighted by Gasteiger charge is -2.22. The van der Waals surface area contributed by atoms with E-state index in [9.17, 15) is 4.39 Å². The van der Waals surface area contributed by atoms with Gasteiger partial charge in [0, 0.05) is 15.7 Å². The van der Waals surface area contributed by atoms with E-state index < -0.39 is 0 Å². The Kier molecular flexibility index (Phi) is 4.02. The molecule has 0 aliphatic carbocycles. The third kappa shape index (κ3) is 3.49. The summed E-state index contributed by atoms with van der Waals surface area (Å²) in [7, 11) is 0. The molecule has 1 rings (SSSR count). The normalized spacial score (nSPS) is 13.9. The van der Waals surface area contributed by atoms with E-state index in [1.54, 1.807) is 24.8 Å². The zero-order chi connectivity index (χ0) is 12.5. The second-order valence-electron chi connectivity index (χ2n) is 5.14. The molecule has 90 valence electrons. The fourth-order valence-corrected chi connectivity index (χ4v) is 2.70. The molecule has 0 fully saturated rings. The molecule has 0 saturated heterocycles. The number of nitrogens with two attached hydrogens (primary N) is 1. The van der Waals surface area contributed by atoms with E-state index in [0.29, 0.717) is 5.56 Å². The van der Waals surface area contributed by atoms with Gasteiger partial charge in [0.05, 0.1) is 0 Å². The Morgan fingerprint density at radius 1 is 1.31 bits per heavy atom. The quantitative estimate of drug-likeness (QED) is 0.791. The molecule has 16 heavy (non-hydrogen) atoms. The summed E-state index contributed by atoms with van der Waals surface area (Å²) in [4.78, 5) is 1.08. The Balaban J connectivity index is 3.20. The summed E-state index contributed by atoms with van der Waals surface area (Å²) >= 11 is 1.73. The summed E-state index contributed by atoms with van der Waals surface area (Å²) in [5.74, 6) is -0.175. The fraction of sp³-hybridized carbons (Fsp3) is 0.538. The van der Waals surface area contributed by atoms with Crippen molar-refractivity contribution in [2.45, 2.75) is 50.3 Å². The summed E-state index contributed by atoms with van der Waals surface area (Å²) < 4.78 is 13.6. The van der Waals surface area contributed by atoms with Crippen LogP contribution < -0.4 is 5.73 Å². The third-order valence-electron chi connectivity index (χ3n) is 2.20. The zero-order valence-corrected chi connectivity index (χ0v) is 11.4. The van der Waals surface area contributed by atoms with E-state index in [1.165, 1.54) is 0 Å². The fourth-order valence-electron chi connectivity index (χ4n) is 1.44. The van der Waals surface area contributed by atoms with Gasteiger partial charge in [0.15, 0.2) is 0 Å². The summed E-state index contributed by atoms with van der Waals surface area (Å²) in [6.07, 6.45) is 0. The van der Waals surface area contributed by atoms with E-state index in [2.05, 4.69) is 20.8 Å². The molecule has 0 unspecified atom stereocenters. The first-order valence-corrected chi connectivity index (χ1v) is 6.27. The molecule has 0 spiro atoms. The minimum atomic E-state index is -0.175. The van der Waals surface area contributed by atoms with Crippen molar-refractivity contribution in [3.8, 4) is 0 Å². The molecular weight excluding hydrogens is 221 g/mol. The molecule has 0 heterocycles. The topological polar surface area (TPSA) is 26.0 Å². The molecule has 1 nitrogen and oxygen atoms in total. The number of rotatable bonds is 2. The standard InChI is InChI=1S/C13H20FNS/c1-8-6-12(16-13(3,4)5)10(9(2)15)7-11(8)14/h6-7,9H,15H2,1-5H3/t9-/m1/s1. The number of aryl methyl sites for hydroxylation is 1. The van der Waals surface area contributed by atoms with Crippen molar-refractivity contribution < 1.29 is 4.39 Å².